The van der Waals surface area contributed by atoms with E-state index in [1.165, 1.54) is 12.1 Å². The second-order valence-corrected chi connectivity index (χ2v) is 10.7. The molecule has 1 heteroatoms. The molecule has 0 aliphatic rings. The van der Waals surface area contributed by atoms with Crippen molar-refractivity contribution in [2.24, 2.45) is 0 Å². The molecule has 0 saturated heterocycles. The van der Waals surface area contributed by atoms with Crippen molar-refractivity contribution in [2.75, 3.05) is 0 Å². The fourth-order valence-electron chi connectivity index (χ4n) is 6.20. The maximum absolute atomic E-state index is 9.41. The first kappa shape index (κ1) is 15.7. The molecule has 0 saturated carbocycles. The van der Waals surface area contributed by atoms with Crippen LogP contribution in [0, 0.1) is 0 Å². The third kappa shape index (κ3) is 4.17. The minimum absolute atomic E-state index is 0.0208. The van der Waals surface area contributed by atoms with E-state index in [1.807, 2.05) is 66.7 Å². The van der Waals surface area contributed by atoms with Crippen LogP contribution < -0.4 is 0 Å². The van der Waals surface area contributed by atoms with Gasteiger partial charge in [-0.1, -0.05) is 151 Å². The normalized spacial score (nSPS) is 15.6. The van der Waals surface area contributed by atoms with Crippen LogP contribution in [-0.4, -0.2) is 0 Å². The van der Waals surface area contributed by atoms with Crippen molar-refractivity contribution in [2.45, 2.75) is 0 Å². The first-order valence-electron chi connectivity index (χ1n) is 20.9. The molecule has 0 bridgehead atoms. The Hall–Kier alpha value is -5.92. The van der Waals surface area contributed by atoms with E-state index in [9.17, 15) is 5.48 Å². The van der Waals surface area contributed by atoms with Crippen LogP contribution in [0.25, 0.3) is 88.0 Å². The maximum Gasteiger partial charge on any atom is 0.143 e. The molecule has 8 aromatic carbocycles. The first-order valence-corrected chi connectivity index (χ1v) is 14.4. The van der Waals surface area contributed by atoms with Crippen LogP contribution in [0.5, 0.6) is 0 Å². The smallest absolute Gasteiger partial charge is 0.143 e. The monoisotopic (exact) mass is 585 g/mol. The summed E-state index contributed by atoms with van der Waals surface area (Å²) in [4.78, 5) is 0. The average molecular weight is 586 g/mol. The molecule has 0 spiro atoms. The van der Waals surface area contributed by atoms with Crippen LogP contribution in [0.15, 0.2) is 174 Å². The number of fused-ring (bicyclic) bond motifs is 5. The van der Waals surface area contributed by atoms with Crippen molar-refractivity contribution in [1.29, 1.82) is 0 Å². The molecule has 1 heterocycles. The van der Waals surface area contributed by atoms with Gasteiger partial charge in [-0.25, -0.2) is 0 Å². The molecule has 0 amide bonds. The average Bonchev–Trinajstić information content (AvgIpc) is 3.62. The quantitative estimate of drug-likeness (QED) is 0.187. The van der Waals surface area contributed by atoms with Gasteiger partial charge < -0.3 is 4.42 Å². The zero-order valence-corrected chi connectivity index (χ0v) is 23.6. The third-order valence-corrected chi connectivity index (χ3v) is 8.19. The Balaban J connectivity index is 1.47. The van der Waals surface area contributed by atoms with Crippen molar-refractivity contribution in [3.63, 3.8) is 0 Å². The lowest BCUT2D eigenvalue weighted by Gasteiger charge is -2.18. The fourth-order valence-corrected chi connectivity index (χ4v) is 6.20. The lowest BCUT2D eigenvalue weighted by atomic mass is 9.84. The summed E-state index contributed by atoms with van der Waals surface area (Å²) in [6.07, 6.45) is 0. The standard InChI is InChI=1S/C44H28O/c1-3-13-29(14-4-1)30-23-25-32(26-24-30)42-35-18-7-9-20-37(35)43(38-21-10-8-19-36(38)42)33-27-39(31-15-5-2-6-16-31)44-40(28-33)34-17-11-12-22-41(34)45-44/h1-28H/i1D,3D,4D,7D,8D,9D,10D,13D,14D,18D,19D,20D,21D. The number of furan rings is 1. The van der Waals surface area contributed by atoms with E-state index >= 15 is 0 Å². The van der Waals surface area contributed by atoms with Crippen molar-refractivity contribution in [3.8, 4) is 44.5 Å². The zero-order chi connectivity index (χ0) is 41.1. The second-order valence-electron chi connectivity index (χ2n) is 10.7. The van der Waals surface area contributed by atoms with Gasteiger partial charge in [-0.15, -0.1) is 0 Å². The van der Waals surface area contributed by atoms with Crippen molar-refractivity contribution in [1.82, 2.24) is 0 Å². The van der Waals surface area contributed by atoms with Gasteiger partial charge in [-0.2, -0.15) is 0 Å². The van der Waals surface area contributed by atoms with E-state index in [0.717, 1.165) is 10.9 Å². The molecule has 9 rings (SSSR count). The Morgan fingerprint density at radius 2 is 0.933 bits per heavy atom. The fraction of sp³-hybridized carbons (Fsp3) is 0. The van der Waals surface area contributed by atoms with Crippen LogP contribution in [0.3, 0.4) is 0 Å². The first-order chi connectivity index (χ1) is 27.7. The third-order valence-electron chi connectivity index (χ3n) is 8.19. The van der Waals surface area contributed by atoms with E-state index < -0.39 is 78.6 Å². The summed E-state index contributed by atoms with van der Waals surface area (Å²) >= 11 is 0. The van der Waals surface area contributed by atoms with Gasteiger partial charge in [-0.05, 0) is 78.7 Å². The minimum Gasteiger partial charge on any atom is -0.455 e. The molecule has 1 aromatic heterocycles. The molecule has 9 aromatic rings. The highest BCUT2D eigenvalue weighted by molar-refractivity contribution is 6.23. The van der Waals surface area contributed by atoms with Crippen LogP contribution in [0.2, 0.25) is 0 Å². The van der Waals surface area contributed by atoms with Gasteiger partial charge in [0.15, 0.2) is 0 Å². The van der Waals surface area contributed by atoms with Crippen LogP contribution >= 0.6 is 0 Å². The molecule has 1 nitrogen and oxygen atoms in total. The number of hydrogen-bond acceptors (Lipinski definition) is 1. The van der Waals surface area contributed by atoms with Crippen molar-refractivity contribution < 1.29 is 22.2 Å². The van der Waals surface area contributed by atoms with Gasteiger partial charge in [0.2, 0.25) is 0 Å². The Bertz CT molecular complexity index is 3140. The molecule has 0 aliphatic carbocycles. The van der Waals surface area contributed by atoms with Crippen molar-refractivity contribution in [3.05, 3.63) is 170 Å². The lowest BCUT2D eigenvalue weighted by Crippen LogP contribution is -1.91. The lowest BCUT2D eigenvalue weighted by molar-refractivity contribution is 0.670. The Kier molecular flexibility index (Phi) is 3.62. The summed E-state index contributed by atoms with van der Waals surface area (Å²) < 4.78 is 121. The molecule has 0 N–H and O–H groups in total. The molecule has 0 fully saturated rings. The molecule has 0 radical (unpaired) electrons. The van der Waals surface area contributed by atoms with Crippen molar-refractivity contribution >= 4 is 43.5 Å². The SMILES string of the molecule is [2H]c1c([2H])c([2H])c(-c2ccc(-c3c4c([2H])c([2H])c([2H])c([2H])c4c(-c4cc(-c5ccccc5)c5oc6ccccc6c5c4)c4c([2H])c([2H])c([2H])c([2H])c34)cc2)c([2H])c1[2H]. The molecule has 45 heavy (non-hydrogen) atoms. The molecular formula is C44H28O. The summed E-state index contributed by atoms with van der Waals surface area (Å²) in [5.74, 6) is 0. The van der Waals surface area contributed by atoms with Gasteiger partial charge >= 0.3 is 0 Å². The van der Waals surface area contributed by atoms with Gasteiger partial charge in [0.1, 0.15) is 11.2 Å². The Morgan fingerprint density at radius 1 is 0.378 bits per heavy atom. The maximum atomic E-state index is 9.41. The minimum atomic E-state index is -0.540. The predicted octanol–water partition coefficient (Wildman–Crippen LogP) is 12.6. The highest BCUT2D eigenvalue weighted by Gasteiger charge is 2.20. The van der Waals surface area contributed by atoms with Crippen LogP contribution in [0.1, 0.15) is 17.8 Å². The molecule has 0 unspecified atom stereocenters. The van der Waals surface area contributed by atoms with E-state index in [0.29, 0.717) is 33.2 Å². The number of para-hydroxylation sites is 1. The summed E-state index contributed by atoms with van der Waals surface area (Å²) in [6.45, 7) is 0. The second kappa shape index (κ2) is 10.4. The zero-order valence-electron chi connectivity index (χ0n) is 36.6. The largest absolute Gasteiger partial charge is 0.455 e. The highest BCUT2D eigenvalue weighted by atomic mass is 16.3. The van der Waals surface area contributed by atoms with E-state index in [4.69, 9.17) is 16.8 Å². The van der Waals surface area contributed by atoms with E-state index in [1.54, 1.807) is 12.1 Å². The topological polar surface area (TPSA) is 13.1 Å². The van der Waals surface area contributed by atoms with Crippen LogP contribution in [0.4, 0.5) is 0 Å². The number of benzene rings is 8. The summed E-state index contributed by atoms with van der Waals surface area (Å²) in [5, 5.41) is 1.60. The summed E-state index contributed by atoms with van der Waals surface area (Å²) in [6, 6.07) is 20.6. The number of hydrogen-bond donors (Lipinski definition) is 0. The van der Waals surface area contributed by atoms with E-state index in [2.05, 4.69) is 0 Å². The molecule has 0 aliphatic heterocycles. The summed E-state index contributed by atoms with van der Waals surface area (Å²) in [5.41, 5.74) is 3.96. The summed E-state index contributed by atoms with van der Waals surface area (Å²) in [7, 11) is 0. The Labute approximate surface area is 279 Å². The Morgan fingerprint density at radius 3 is 1.60 bits per heavy atom. The van der Waals surface area contributed by atoms with Crippen LogP contribution in [-0.2, 0) is 0 Å². The molecular weight excluding hydrogens is 544 g/mol. The van der Waals surface area contributed by atoms with Gasteiger partial charge in [-0.3, -0.25) is 0 Å². The van der Waals surface area contributed by atoms with E-state index in [-0.39, 0.29) is 43.8 Å². The predicted molar refractivity (Wildman–Crippen MR) is 190 cm³/mol. The van der Waals surface area contributed by atoms with Gasteiger partial charge in [0, 0.05) is 16.3 Å². The van der Waals surface area contributed by atoms with Gasteiger partial charge in [0.25, 0.3) is 0 Å². The number of rotatable bonds is 4. The molecule has 0 atom stereocenters. The van der Waals surface area contributed by atoms with Gasteiger partial charge in [0.05, 0.1) is 17.8 Å². The molecule has 210 valence electrons. The highest BCUT2D eigenvalue weighted by Crippen LogP contribution is 2.46.